The molecule has 3 aromatic heterocycles. The minimum Gasteiger partial charge on any atom is -0.352 e. The number of aryl methyl sites for hydroxylation is 2. The second-order valence-corrected chi connectivity index (χ2v) is 6.51. The number of likely N-dealkylation sites (N-methyl/N-ethyl adjacent to an activating group) is 1. The zero-order chi connectivity index (χ0) is 17.6. The lowest BCUT2D eigenvalue weighted by Gasteiger charge is -2.44. The highest BCUT2D eigenvalue weighted by atomic mass is 16.1. The zero-order valence-corrected chi connectivity index (χ0v) is 14.5. The fourth-order valence-corrected chi connectivity index (χ4v) is 2.99. The summed E-state index contributed by atoms with van der Waals surface area (Å²) in [5.74, 6) is 1.71. The quantitative estimate of drug-likeness (QED) is 0.653. The van der Waals surface area contributed by atoms with Gasteiger partial charge in [-0.05, 0) is 31.7 Å². The van der Waals surface area contributed by atoms with E-state index in [2.05, 4.69) is 37.2 Å². The third-order valence-corrected chi connectivity index (χ3v) is 4.67. The van der Waals surface area contributed by atoms with E-state index in [1.54, 1.807) is 23.8 Å². The Morgan fingerprint density at radius 1 is 1.28 bits per heavy atom. The smallest absolute Gasteiger partial charge is 0.266 e. The third kappa shape index (κ3) is 2.86. The van der Waals surface area contributed by atoms with E-state index in [9.17, 15) is 4.79 Å². The average Bonchev–Trinajstić information content (AvgIpc) is 2.91. The lowest BCUT2D eigenvalue weighted by molar-refractivity contribution is 0.196. The van der Waals surface area contributed by atoms with E-state index in [-0.39, 0.29) is 5.56 Å². The van der Waals surface area contributed by atoms with Crippen LogP contribution < -0.4 is 10.5 Å². The van der Waals surface area contributed by atoms with Crippen LogP contribution in [0.3, 0.4) is 0 Å². The van der Waals surface area contributed by atoms with Crippen molar-refractivity contribution in [1.29, 1.82) is 0 Å². The fraction of sp³-hybridized carbons (Fsp3) is 0.438. The summed E-state index contributed by atoms with van der Waals surface area (Å²) < 4.78 is 3.10. The summed E-state index contributed by atoms with van der Waals surface area (Å²) in [5, 5.41) is 16.8. The van der Waals surface area contributed by atoms with Gasteiger partial charge >= 0.3 is 0 Å². The number of anilines is 1. The van der Waals surface area contributed by atoms with E-state index in [1.165, 1.54) is 4.68 Å². The molecule has 0 spiro atoms. The molecule has 3 aromatic rings. The number of hydrogen-bond acceptors (Lipinski definition) is 7. The Labute approximate surface area is 144 Å². The number of aromatic nitrogens is 6. The zero-order valence-electron chi connectivity index (χ0n) is 14.5. The molecule has 0 aliphatic carbocycles. The molecule has 4 rings (SSSR count). The molecule has 0 unspecified atom stereocenters. The Morgan fingerprint density at radius 3 is 2.84 bits per heavy atom. The number of hydrogen-bond donors (Lipinski definition) is 0. The van der Waals surface area contributed by atoms with Crippen LogP contribution in [0.5, 0.6) is 0 Å². The van der Waals surface area contributed by atoms with Crippen molar-refractivity contribution in [2.75, 3.05) is 25.0 Å². The van der Waals surface area contributed by atoms with Crippen LogP contribution in [0.15, 0.2) is 29.2 Å². The van der Waals surface area contributed by atoms with E-state index in [4.69, 9.17) is 0 Å². The standard InChI is InChI=1S/C16H20N8O/c1-11-18-19-14-4-5-15(20-24(11)14)23-9-13(10-23)21(2)8-12-6-16(25)22(3)17-7-12/h4-7,13H,8-10H2,1-3H3. The normalized spacial score (nSPS) is 15.1. The predicted molar refractivity (Wildman–Crippen MR) is 92.5 cm³/mol. The molecule has 1 aliphatic heterocycles. The van der Waals surface area contributed by atoms with Crippen molar-refractivity contribution in [3.63, 3.8) is 0 Å². The molecule has 9 heteroatoms. The highest BCUT2D eigenvalue weighted by Crippen LogP contribution is 2.22. The molecule has 0 radical (unpaired) electrons. The molecule has 0 N–H and O–H groups in total. The van der Waals surface area contributed by atoms with Gasteiger partial charge in [0.15, 0.2) is 11.5 Å². The molecule has 1 fully saturated rings. The largest absolute Gasteiger partial charge is 0.352 e. The molecule has 1 aliphatic rings. The molecule has 0 aromatic carbocycles. The van der Waals surface area contributed by atoms with Gasteiger partial charge in [-0.15, -0.1) is 15.3 Å². The molecular weight excluding hydrogens is 320 g/mol. The Balaban J connectivity index is 1.40. The summed E-state index contributed by atoms with van der Waals surface area (Å²) in [7, 11) is 3.72. The number of rotatable bonds is 4. The first-order chi connectivity index (χ1) is 12.0. The van der Waals surface area contributed by atoms with Crippen LogP contribution in [0.1, 0.15) is 11.4 Å². The second kappa shape index (κ2) is 5.92. The van der Waals surface area contributed by atoms with Crippen LogP contribution in [-0.4, -0.2) is 60.7 Å². The van der Waals surface area contributed by atoms with Crippen LogP contribution in [0.2, 0.25) is 0 Å². The Kier molecular flexibility index (Phi) is 3.72. The van der Waals surface area contributed by atoms with E-state index < -0.39 is 0 Å². The third-order valence-electron chi connectivity index (χ3n) is 4.67. The highest BCUT2D eigenvalue weighted by molar-refractivity contribution is 5.47. The first-order valence-corrected chi connectivity index (χ1v) is 8.18. The monoisotopic (exact) mass is 340 g/mol. The van der Waals surface area contributed by atoms with Crippen molar-refractivity contribution in [1.82, 2.24) is 34.5 Å². The summed E-state index contributed by atoms with van der Waals surface area (Å²) >= 11 is 0. The van der Waals surface area contributed by atoms with Crippen LogP contribution in [-0.2, 0) is 13.6 Å². The maximum atomic E-state index is 11.7. The molecule has 0 atom stereocenters. The van der Waals surface area contributed by atoms with Crippen molar-refractivity contribution in [3.05, 3.63) is 46.1 Å². The van der Waals surface area contributed by atoms with Crippen LogP contribution in [0, 0.1) is 6.92 Å². The van der Waals surface area contributed by atoms with Crippen LogP contribution >= 0.6 is 0 Å². The second-order valence-electron chi connectivity index (χ2n) is 6.51. The summed E-state index contributed by atoms with van der Waals surface area (Å²) in [6, 6.07) is 5.98. The van der Waals surface area contributed by atoms with Crippen molar-refractivity contribution >= 4 is 11.5 Å². The van der Waals surface area contributed by atoms with E-state index in [0.717, 1.165) is 35.9 Å². The molecular formula is C16H20N8O. The molecule has 25 heavy (non-hydrogen) atoms. The van der Waals surface area contributed by atoms with Gasteiger partial charge in [-0.3, -0.25) is 9.69 Å². The number of fused-ring (bicyclic) bond motifs is 1. The number of nitrogens with zero attached hydrogens (tertiary/aromatic N) is 8. The van der Waals surface area contributed by atoms with Gasteiger partial charge in [-0.25, -0.2) is 4.68 Å². The van der Waals surface area contributed by atoms with Crippen molar-refractivity contribution < 1.29 is 0 Å². The fourth-order valence-electron chi connectivity index (χ4n) is 2.99. The van der Waals surface area contributed by atoms with Gasteiger partial charge in [0.1, 0.15) is 5.82 Å². The van der Waals surface area contributed by atoms with Gasteiger partial charge in [-0.1, -0.05) is 0 Å². The van der Waals surface area contributed by atoms with Gasteiger partial charge in [-0.2, -0.15) is 9.61 Å². The molecule has 0 amide bonds. The highest BCUT2D eigenvalue weighted by Gasteiger charge is 2.31. The SMILES string of the molecule is Cc1nnc2ccc(N3CC(N(C)Cc4cnn(C)c(=O)c4)C3)nn12. The topological polar surface area (TPSA) is 84.5 Å². The van der Waals surface area contributed by atoms with Gasteiger partial charge in [0.05, 0.1) is 6.20 Å². The maximum absolute atomic E-state index is 11.7. The Morgan fingerprint density at radius 2 is 2.08 bits per heavy atom. The average molecular weight is 340 g/mol. The van der Waals surface area contributed by atoms with Crippen LogP contribution in [0.4, 0.5) is 5.82 Å². The summed E-state index contributed by atoms with van der Waals surface area (Å²) in [4.78, 5) is 16.1. The first kappa shape index (κ1) is 15.7. The first-order valence-electron chi connectivity index (χ1n) is 8.18. The van der Waals surface area contributed by atoms with Crippen LogP contribution in [0.25, 0.3) is 5.65 Å². The predicted octanol–water partition coefficient (Wildman–Crippen LogP) is -0.153. The van der Waals surface area contributed by atoms with Crippen molar-refractivity contribution in [2.45, 2.75) is 19.5 Å². The molecule has 0 bridgehead atoms. The molecule has 9 nitrogen and oxygen atoms in total. The van der Waals surface area contributed by atoms with E-state index >= 15 is 0 Å². The minimum atomic E-state index is -0.0806. The van der Waals surface area contributed by atoms with E-state index in [0.29, 0.717) is 12.6 Å². The van der Waals surface area contributed by atoms with Gasteiger partial charge < -0.3 is 4.90 Å². The summed E-state index contributed by atoms with van der Waals surface area (Å²) in [5.41, 5.74) is 1.61. The minimum absolute atomic E-state index is 0.0806. The van der Waals surface area contributed by atoms with Crippen molar-refractivity contribution in [3.8, 4) is 0 Å². The Hall–Kier alpha value is -2.81. The van der Waals surface area contributed by atoms with Gasteiger partial charge in [0, 0.05) is 38.8 Å². The molecule has 4 heterocycles. The summed E-state index contributed by atoms with van der Waals surface area (Å²) in [6.07, 6.45) is 1.75. The lowest BCUT2D eigenvalue weighted by Crippen LogP contribution is -2.58. The lowest BCUT2D eigenvalue weighted by atomic mass is 10.1. The molecule has 0 saturated carbocycles. The van der Waals surface area contributed by atoms with E-state index in [1.807, 2.05) is 19.1 Å². The Bertz CT molecular complexity index is 972. The maximum Gasteiger partial charge on any atom is 0.266 e. The molecule has 1 saturated heterocycles. The van der Waals surface area contributed by atoms with Gasteiger partial charge in [0.25, 0.3) is 5.56 Å². The van der Waals surface area contributed by atoms with Crippen molar-refractivity contribution in [2.24, 2.45) is 7.05 Å². The molecule has 130 valence electrons. The summed E-state index contributed by atoms with van der Waals surface area (Å²) in [6.45, 7) is 4.39. The van der Waals surface area contributed by atoms with Gasteiger partial charge in [0.2, 0.25) is 0 Å².